The molecule has 1 saturated heterocycles. The average Bonchev–Trinajstić information content (AvgIpc) is 2.96. The van der Waals surface area contributed by atoms with Gasteiger partial charge in [0.2, 0.25) is 0 Å². The Morgan fingerprint density at radius 3 is 2.43 bits per heavy atom. The van der Waals surface area contributed by atoms with E-state index in [9.17, 15) is 19.2 Å². The van der Waals surface area contributed by atoms with Gasteiger partial charge in [-0.3, -0.25) is 9.59 Å². The van der Waals surface area contributed by atoms with Crippen LogP contribution in [-0.4, -0.2) is 23.9 Å². The zero-order valence-corrected chi connectivity index (χ0v) is 11.8. The van der Waals surface area contributed by atoms with Crippen LogP contribution in [0.5, 0.6) is 0 Å². The van der Waals surface area contributed by atoms with Crippen LogP contribution in [0.15, 0.2) is 42.0 Å². The lowest BCUT2D eigenvalue weighted by Gasteiger charge is -2.14. The van der Waals surface area contributed by atoms with Gasteiger partial charge >= 0.3 is 23.9 Å². The van der Waals surface area contributed by atoms with Crippen LogP contribution in [0.3, 0.4) is 0 Å². The Hall–Kier alpha value is -3.02. The van der Waals surface area contributed by atoms with Gasteiger partial charge < -0.3 is 9.47 Å². The van der Waals surface area contributed by atoms with E-state index in [4.69, 9.17) is 0 Å². The highest BCUT2D eigenvalue weighted by Crippen LogP contribution is 2.32. The van der Waals surface area contributed by atoms with Gasteiger partial charge in [0, 0.05) is 0 Å². The summed E-state index contributed by atoms with van der Waals surface area (Å²) in [5, 5.41) is 0. The number of benzene rings is 1. The van der Waals surface area contributed by atoms with E-state index in [-0.39, 0.29) is 11.1 Å². The fourth-order valence-corrected chi connectivity index (χ4v) is 3.01. The van der Waals surface area contributed by atoms with E-state index in [0.29, 0.717) is 6.42 Å². The predicted octanol–water partition coefficient (Wildman–Crippen LogP) is 1.35. The van der Waals surface area contributed by atoms with Crippen LogP contribution in [0.25, 0.3) is 0 Å². The summed E-state index contributed by atoms with van der Waals surface area (Å²) in [5.74, 6) is -3.47. The first-order chi connectivity index (χ1) is 11.0. The summed E-state index contributed by atoms with van der Waals surface area (Å²) < 4.78 is 9.17. The molecule has 23 heavy (non-hydrogen) atoms. The van der Waals surface area contributed by atoms with Crippen molar-refractivity contribution in [3.05, 3.63) is 58.7 Å². The molecule has 0 spiro atoms. The first-order valence-corrected chi connectivity index (χ1v) is 7.07. The van der Waals surface area contributed by atoms with Crippen LogP contribution in [0.4, 0.5) is 0 Å². The Bertz CT molecular complexity index is 845. The molecule has 0 aromatic heterocycles. The fourth-order valence-electron chi connectivity index (χ4n) is 3.01. The summed E-state index contributed by atoms with van der Waals surface area (Å²) in [6.07, 6.45) is 5.63. The molecule has 2 aliphatic heterocycles. The number of carbonyl (C=O) groups excluding carboxylic acids is 4. The monoisotopic (exact) mass is 310 g/mol. The van der Waals surface area contributed by atoms with Crippen molar-refractivity contribution in [2.75, 3.05) is 0 Å². The van der Waals surface area contributed by atoms with Gasteiger partial charge in [0.1, 0.15) is 0 Å². The largest absolute Gasteiger partial charge is 0.392 e. The Kier molecular flexibility index (Phi) is 2.81. The van der Waals surface area contributed by atoms with E-state index in [1.807, 2.05) is 0 Å². The van der Waals surface area contributed by atoms with E-state index in [1.165, 1.54) is 0 Å². The summed E-state index contributed by atoms with van der Waals surface area (Å²) in [4.78, 5) is 46.1. The molecule has 0 N–H and O–H groups in total. The van der Waals surface area contributed by atoms with Crippen molar-refractivity contribution in [2.45, 2.75) is 6.42 Å². The molecule has 114 valence electrons. The second-order valence-corrected chi connectivity index (χ2v) is 5.63. The van der Waals surface area contributed by atoms with E-state index < -0.39 is 35.7 Å². The molecule has 2 unspecified atom stereocenters. The third kappa shape index (κ3) is 2.11. The highest BCUT2D eigenvalue weighted by atomic mass is 16.6. The highest BCUT2D eigenvalue weighted by molar-refractivity contribution is 6.14. The minimum absolute atomic E-state index is 0.251. The first kappa shape index (κ1) is 13.6. The number of ether oxygens (including phenoxy) is 2. The third-order valence-corrected chi connectivity index (χ3v) is 4.16. The second kappa shape index (κ2) is 4.74. The standard InChI is InChI=1S/C17H10O6/c18-14-10-3-1-8(6-12(10)16(20)22-14)5-9-2-4-11-13(7-9)17(21)23-15(11)19/h1-4,6-7,10,12H,5H2. The zero-order valence-electron chi connectivity index (χ0n) is 11.8. The van der Waals surface area contributed by atoms with Crippen molar-refractivity contribution in [2.24, 2.45) is 11.8 Å². The Morgan fingerprint density at radius 1 is 0.870 bits per heavy atom. The van der Waals surface area contributed by atoms with Crippen LogP contribution >= 0.6 is 0 Å². The van der Waals surface area contributed by atoms with Gasteiger partial charge in [0.25, 0.3) is 0 Å². The van der Waals surface area contributed by atoms with Gasteiger partial charge in [-0.2, -0.15) is 0 Å². The molecule has 2 heterocycles. The molecule has 6 heteroatoms. The first-order valence-electron chi connectivity index (χ1n) is 7.07. The summed E-state index contributed by atoms with van der Waals surface area (Å²) in [5.41, 5.74) is 2.16. The van der Waals surface area contributed by atoms with Gasteiger partial charge in [-0.05, 0) is 29.7 Å². The predicted molar refractivity (Wildman–Crippen MR) is 75.2 cm³/mol. The molecule has 1 aliphatic carbocycles. The topological polar surface area (TPSA) is 86.7 Å². The highest BCUT2D eigenvalue weighted by Gasteiger charge is 2.42. The fraction of sp³-hybridized carbons (Fsp3) is 0.176. The van der Waals surface area contributed by atoms with Gasteiger partial charge in [-0.25, -0.2) is 9.59 Å². The van der Waals surface area contributed by atoms with Crippen molar-refractivity contribution < 1.29 is 28.7 Å². The van der Waals surface area contributed by atoms with Crippen LogP contribution in [0.2, 0.25) is 0 Å². The Morgan fingerprint density at radius 2 is 1.61 bits per heavy atom. The number of allylic oxidation sites excluding steroid dienone is 2. The van der Waals surface area contributed by atoms with Gasteiger partial charge in [-0.15, -0.1) is 0 Å². The number of esters is 4. The van der Waals surface area contributed by atoms with Crippen molar-refractivity contribution in [3.63, 3.8) is 0 Å². The van der Waals surface area contributed by atoms with Crippen LogP contribution in [0, 0.1) is 11.8 Å². The van der Waals surface area contributed by atoms with Crippen molar-refractivity contribution in [3.8, 4) is 0 Å². The van der Waals surface area contributed by atoms with E-state index in [2.05, 4.69) is 9.47 Å². The molecule has 0 amide bonds. The Balaban J connectivity index is 1.60. The van der Waals surface area contributed by atoms with Crippen LogP contribution < -0.4 is 0 Å². The quantitative estimate of drug-likeness (QED) is 0.605. The maximum Gasteiger partial charge on any atom is 0.346 e. The van der Waals surface area contributed by atoms with Crippen LogP contribution in [-0.2, 0) is 25.5 Å². The number of carbonyl (C=O) groups is 4. The minimum atomic E-state index is -0.648. The second-order valence-electron chi connectivity index (χ2n) is 5.63. The van der Waals surface area contributed by atoms with Crippen LogP contribution in [0.1, 0.15) is 26.3 Å². The molecule has 3 aliphatic rings. The molecular weight excluding hydrogens is 300 g/mol. The maximum absolute atomic E-state index is 11.6. The normalized spacial score (nSPS) is 25.0. The van der Waals surface area contributed by atoms with Gasteiger partial charge in [-0.1, -0.05) is 24.3 Å². The third-order valence-electron chi connectivity index (χ3n) is 4.16. The summed E-state index contributed by atoms with van der Waals surface area (Å²) in [6.45, 7) is 0. The Labute approximate surface area is 130 Å². The van der Waals surface area contributed by atoms with E-state index in [0.717, 1.165) is 11.1 Å². The van der Waals surface area contributed by atoms with E-state index >= 15 is 0 Å². The minimum Gasteiger partial charge on any atom is -0.392 e. The summed E-state index contributed by atoms with van der Waals surface area (Å²) >= 11 is 0. The molecule has 0 saturated carbocycles. The molecule has 0 bridgehead atoms. The number of hydrogen-bond acceptors (Lipinski definition) is 6. The van der Waals surface area contributed by atoms with Crippen molar-refractivity contribution in [1.29, 1.82) is 0 Å². The number of hydrogen-bond donors (Lipinski definition) is 0. The molecule has 1 aromatic carbocycles. The lowest BCUT2D eigenvalue weighted by Crippen LogP contribution is -2.17. The lowest BCUT2D eigenvalue weighted by molar-refractivity contribution is -0.153. The number of fused-ring (bicyclic) bond motifs is 2. The molecular formula is C17H10O6. The summed E-state index contributed by atoms with van der Waals surface area (Å²) in [7, 11) is 0. The number of rotatable bonds is 2. The SMILES string of the molecule is O=C1OC(=O)c2cc(CC3=CC4C(=O)OC(=O)C4C=C3)ccc21. The molecule has 6 nitrogen and oxygen atoms in total. The zero-order chi connectivity index (χ0) is 16.1. The molecule has 0 radical (unpaired) electrons. The summed E-state index contributed by atoms with van der Waals surface area (Å²) in [6, 6.07) is 4.90. The molecule has 1 fully saturated rings. The van der Waals surface area contributed by atoms with Crippen molar-refractivity contribution >= 4 is 23.9 Å². The van der Waals surface area contributed by atoms with Gasteiger partial charge in [0.05, 0.1) is 23.0 Å². The lowest BCUT2D eigenvalue weighted by atomic mass is 9.86. The molecule has 2 atom stereocenters. The smallest absolute Gasteiger partial charge is 0.346 e. The van der Waals surface area contributed by atoms with Gasteiger partial charge in [0.15, 0.2) is 0 Å². The number of cyclic esters (lactones) is 4. The maximum atomic E-state index is 11.6. The van der Waals surface area contributed by atoms with E-state index in [1.54, 1.807) is 36.4 Å². The van der Waals surface area contributed by atoms with Crippen molar-refractivity contribution in [1.82, 2.24) is 0 Å². The molecule has 1 aromatic rings. The molecule has 4 rings (SSSR count). The average molecular weight is 310 g/mol.